The molecular weight excluding hydrogens is 917 g/mol. The van der Waals surface area contributed by atoms with Crippen molar-refractivity contribution in [2.75, 3.05) is 9.80 Å². The Hall–Kier alpha value is -9.76. The molecule has 0 amide bonds. The van der Waals surface area contributed by atoms with Gasteiger partial charge in [-0.15, -0.1) is 0 Å². The molecule has 13 rings (SSSR count). The number of rotatable bonds is 12. The van der Waals surface area contributed by atoms with E-state index < -0.39 is 0 Å². The number of nitrogens with zero attached hydrogens (tertiary/aromatic N) is 2. The van der Waals surface area contributed by atoms with E-state index in [2.05, 4.69) is 319 Å². The Kier molecular flexibility index (Phi) is 12.5. The number of hydrogen-bond donors (Lipinski definition) is 0. The zero-order chi connectivity index (χ0) is 50.6. The van der Waals surface area contributed by atoms with Gasteiger partial charge in [0.25, 0.3) is 0 Å². The summed E-state index contributed by atoms with van der Waals surface area (Å²) in [5.41, 5.74) is 15.2. The molecule has 12 aromatic carbocycles. The minimum Gasteiger partial charge on any atom is -0.311 e. The molecule has 0 bridgehead atoms. The minimum atomic E-state index is 0.263. The monoisotopic (exact) mass is 970 g/mol. The summed E-state index contributed by atoms with van der Waals surface area (Å²) in [5.74, 6) is 0.263. The van der Waals surface area contributed by atoms with Crippen LogP contribution in [0.25, 0.3) is 83.6 Å². The standard InChI is InChI=1S/C74H54N2/c1-5-21-63(22-6-1)75(64-23-7-2-8-24-64)67-43-33-53(34-44-67)29-31-55-37-47-69-71(49-55)72-50-56(32-30-54-35-45-68(46-36-54)76(65-25-9-3-10-26-65)66-27-11-4-12-28-66)38-48-70(72)74(62-42-40-58-18-14-16-20-60(58)52-62)73(69)61-41-39-57-17-13-15-19-59(57)51-61/h1-35,37-52,54H,36H2/b31-29+,32-30+. The molecule has 1 unspecified atom stereocenters. The molecule has 76 heavy (non-hydrogen) atoms. The lowest BCUT2D eigenvalue weighted by atomic mass is 9.83. The molecule has 0 spiro atoms. The fraction of sp³-hybridized carbons (Fsp3) is 0.0270. The molecule has 0 aliphatic heterocycles. The Morgan fingerprint density at radius 2 is 0.724 bits per heavy atom. The number of para-hydroxylation sites is 4. The highest BCUT2D eigenvalue weighted by Crippen LogP contribution is 2.47. The van der Waals surface area contributed by atoms with E-state index in [0.717, 1.165) is 46.0 Å². The van der Waals surface area contributed by atoms with Crippen molar-refractivity contribution < 1.29 is 0 Å². The Labute approximate surface area is 445 Å². The molecule has 12 aromatic rings. The first kappa shape index (κ1) is 46.1. The maximum atomic E-state index is 2.42. The van der Waals surface area contributed by atoms with Gasteiger partial charge in [0.15, 0.2) is 0 Å². The summed E-state index contributed by atoms with van der Waals surface area (Å²) in [5, 5.41) is 9.84. The molecule has 0 heterocycles. The highest BCUT2D eigenvalue weighted by molar-refractivity contribution is 6.23. The summed E-state index contributed by atoms with van der Waals surface area (Å²) in [7, 11) is 0. The van der Waals surface area contributed by atoms with Crippen LogP contribution in [0.15, 0.2) is 297 Å². The smallest absolute Gasteiger partial charge is 0.0462 e. The predicted octanol–water partition coefficient (Wildman–Crippen LogP) is 20.6. The van der Waals surface area contributed by atoms with Crippen LogP contribution >= 0.6 is 0 Å². The van der Waals surface area contributed by atoms with Crippen LogP contribution in [0.1, 0.15) is 23.1 Å². The zero-order valence-electron chi connectivity index (χ0n) is 42.1. The SMILES string of the molecule is C1=CC(/C=C/c2ccc3c(-c4ccc5ccccc5c4)c(-c4ccc5ccccc5c4)c4ccc(/C=C/c5ccc(N(c6ccccc6)c6ccccc6)cc5)cc4c3c2)CC=C1N(c1ccccc1)c1ccccc1. The fourth-order valence-corrected chi connectivity index (χ4v) is 11.1. The molecule has 1 aliphatic rings. The lowest BCUT2D eigenvalue weighted by Gasteiger charge is -2.28. The molecule has 2 nitrogen and oxygen atoms in total. The summed E-state index contributed by atoms with van der Waals surface area (Å²) < 4.78 is 0. The maximum absolute atomic E-state index is 2.42. The van der Waals surface area contributed by atoms with Crippen molar-refractivity contribution in [2.45, 2.75) is 6.42 Å². The van der Waals surface area contributed by atoms with Gasteiger partial charge in [-0.2, -0.15) is 0 Å². The molecule has 1 atom stereocenters. The van der Waals surface area contributed by atoms with Crippen LogP contribution in [0.3, 0.4) is 0 Å². The summed E-state index contributed by atoms with van der Waals surface area (Å²) >= 11 is 0. The Bertz CT molecular complexity index is 4090. The second-order valence-electron chi connectivity index (χ2n) is 19.7. The third kappa shape index (κ3) is 9.30. The van der Waals surface area contributed by atoms with Gasteiger partial charge in [0.1, 0.15) is 0 Å². The van der Waals surface area contributed by atoms with Crippen molar-refractivity contribution in [1.82, 2.24) is 0 Å². The maximum Gasteiger partial charge on any atom is 0.0462 e. The quantitative estimate of drug-likeness (QED) is 0.0889. The second kappa shape index (κ2) is 20.6. The van der Waals surface area contributed by atoms with Crippen LogP contribution in [-0.2, 0) is 0 Å². The van der Waals surface area contributed by atoms with Crippen LogP contribution in [0.2, 0.25) is 0 Å². The van der Waals surface area contributed by atoms with Gasteiger partial charge in [0.05, 0.1) is 0 Å². The van der Waals surface area contributed by atoms with Crippen molar-refractivity contribution in [1.29, 1.82) is 0 Å². The molecule has 0 fully saturated rings. The molecule has 0 aromatic heterocycles. The van der Waals surface area contributed by atoms with Gasteiger partial charge in [-0.3, -0.25) is 0 Å². The first-order valence-corrected chi connectivity index (χ1v) is 26.3. The number of allylic oxidation sites excluding steroid dienone is 4. The van der Waals surface area contributed by atoms with E-state index in [1.165, 1.54) is 76.6 Å². The van der Waals surface area contributed by atoms with Crippen molar-refractivity contribution in [3.05, 3.63) is 314 Å². The van der Waals surface area contributed by atoms with E-state index in [1.807, 2.05) is 0 Å². The van der Waals surface area contributed by atoms with Crippen molar-refractivity contribution >= 4 is 89.8 Å². The molecule has 0 saturated carbocycles. The van der Waals surface area contributed by atoms with Crippen LogP contribution < -0.4 is 9.80 Å². The lowest BCUT2D eigenvalue weighted by molar-refractivity contribution is 0.813. The predicted molar refractivity (Wildman–Crippen MR) is 327 cm³/mol. The number of hydrogen-bond acceptors (Lipinski definition) is 2. The summed E-state index contributed by atoms with van der Waals surface area (Å²) in [4.78, 5) is 4.64. The van der Waals surface area contributed by atoms with E-state index in [1.54, 1.807) is 0 Å². The summed E-state index contributed by atoms with van der Waals surface area (Å²) in [6, 6.07) is 96.8. The third-order valence-corrected chi connectivity index (χ3v) is 14.8. The first-order chi connectivity index (χ1) is 37.7. The van der Waals surface area contributed by atoms with Gasteiger partial charge in [0.2, 0.25) is 0 Å². The van der Waals surface area contributed by atoms with E-state index >= 15 is 0 Å². The highest BCUT2D eigenvalue weighted by Gasteiger charge is 2.21. The molecule has 360 valence electrons. The topological polar surface area (TPSA) is 6.48 Å². The average Bonchev–Trinajstić information content (AvgIpc) is 3.51. The Morgan fingerprint density at radius 1 is 0.316 bits per heavy atom. The first-order valence-electron chi connectivity index (χ1n) is 26.3. The lowest BCUT2D eigenvalue weighted by Crippen LogP contribution is -2.17. The van der Waals surface area contributed by atoms with Gasteiger partial charge in [0, 0.05) is 34.1 Å². The second-order valence-corrected chi connectivity index (χ2v) is 19.7. The number of benzene rings is 12. The van der Waals surface area contributed by atoms with Gasteiger partial charge in [-0.05, 0) is 185 Å². The molecule has 0 N–H and O–H groups in total. The Balaban J connectivity index is 0.911. The number of fused-ring (bicyclic) bond motifs is 5. The van der Waals surface area contributed by atoms with Crippen molar-refractivity contribution in [3.63, 3.8) is 0 Å². The largest absolute Gasteiger partial charge is 0.311 e. The molecule has 1 aliphatic carbocycles. The molecule has 2 heteroatoms. The van der Waals surface area contributed by atoms with Crippen LogP contribution in [0, 0.1) is 5.92 Å². The third-order valence-electron chi connectivity index (χ3n) is 14.8. The van der Waals surface area contributed by atoms with Gasteiger partial charge in [-0.25, -0.2) is 0 Å². The van der Waals surface area contributed by atoms with E-state index in [-0.39, 0.29) is 5.92 Å². The van der Waals surface area contributed by atoms with Crippen molar-refractivity contribution in [3.8, 4) is 22.3 Å². The minimum absolute atomic E-state index is 0.263. The number of anilines is 5. The Morgan fingerprint density at radius 3 is 1.20 bits per heavy atom. The summed E-state index contributed by atoms with van der Waals surface area (Å²) in [6.45, 7) is 0. The van der Waals surface area contributed by atoms with E-state index in [9.17, 15) is 0 Å². The molecule has 0 radical (unpaired) electrons. The van der Waals surface area contributed by atoms with Crippen LogP contribution in [0.4, 0.5) is 28.4 Å². The summed E-state index contributed by atoms with van der Waals surface area (Å²) in [6.07, 6.45) is 17.1. The van der Waals surface area contributed by atoms with Crippen LogP contribution in [-0.4, -0.2) is 0 Å². The van der Waals surface area contributed by atoms with E-state index in [4.69, 9.17) is 0 Å². The van der Waals surface area contributed by atoms with Gasteiger partial charge >= 0.3 is 0 Å². The van der Waals surface area contributed by atoms with Gasteiger partial charge < -0.3 is 9.80 Å². The van der Waals surface area contributed by atoms with Gasteiger partial charge in [-0.1, -0.05) is 218 Å². The average molecular weight is 971 g/mol. The van der Waals surface area contributed by atoms with Crippen LogP contribution in [0.5, 0.6) is 0 Å². The molecule has 0 saturated heterocycles. The zero-order valence-corrected chi connectivity index (χ0v) is 42.1. The highest BCUT2D eigenvalue weighted by atomic mass is 15.1. The van der Waals surface area contributed by atoms with E-state index in [0.29, 0.717) is 0 Å². The van der Waals surface area contributed by atoms with Crippen molar-refractivity contribution in [2.24, 2.45) is 5.92 Å². The molecular formula is C74H54N2. The normalized spacial score (nSPS) is 13.5. The fourth-order valence-electron chi connectivity index (χ4n) is 11.1.